The minimum absolute atomic E-state index is 0.188. The van der Waals surface area contributed by atoms with E-state index in [0.29, 0.717) is 29.6 Å². The maximum absolute atomic E-state index is 14.1. The molecule has 0 radical (unpaired) electrons. The minimum atomic E-state index is -1.71. The van der Waals surface area contributed by atoms with Crippen molar-refractivity contribution in [1.82, 2.24) is 9.55 Å². The van der Waals surface area contributed by atoms with E-state index in [-0.39, 0.29) is 36.0 Å². The molecule has 0 fully saturated rings. The van der Waals surface area contributed by atoms with Gasteiger partial charge >= 0.3 is 5.97 Å². The molecule has 39 heavy (non-hydrogen) atoms. The topological polar surface area (TPSA) is 99.9 Å². The van der Waals surface area contributed by atoms with Gasteiger partial charge in [0.2, 0.25) is 5.60 Å². The van der Waals surface area contributed by atoms with E-state index in [2.05, 4.69) is 0 Å². The zero-order valence-electron chi connectivity index (χ0n) is 21.9. The molecule has 1 aliphatic heterocycles. The smallest absolute Gasteiger partial charge is 0.349 e. The summed E-state index contributed by atoms with van der Waals surface area (Å²) in [4.78, 5) is 31.1. The Bertz CT molecular complexity index is 1590. The Morgan fingerprint density at radius 2 is 1.90 bits per heavy atom. The van der Waals surface area contributed by atoms with Gasteiger partial charge in [0.15, 0.2) is 11.5 Å². The third-order valence-corrected chi connectivity index (χ3v) is 6.88. The van der Waals surface area contributed by atoms with Crippen molar-refractivity contribution in [3.05, 3.63) is 99.2 Å². The normalized spacial score (nSPS) is 17.0. The molecule has 8 nitrogen and oxygen atoms in total. The Balaban J connectivity index is 1.74. The highest BCUT2D eigenvalue weighted by atomic mass is 19.1. The third-order valence-electron chi connectivity index (χ3n) is 6.88. The molecule has 0 aliphatic carbocycles. The zero-order valence-corrected chi connectivity index (χ0v) is 21.9. The van der Waals surface area contributed by atoms with E-state index in [1.807, 2.05) is 37.3 Å². The first-order chi connectivity index (χ1) is 18.7. The van der Waals surface area contributed by atoms with E-state index in [1.54, 1.807) is 25.3 Å². The fraction of sp³-hybridized carbons (Fsp3) is 0.300. The van der Waals surface area contributed by atoms with E-state index in [0.717, 1.165) is 11.1 Å². The Labute approximate surface area is 224 Å². The second-order valence-corrected chi connectivity index (χ2v) is 9.76. The van der Waals surface area contributed by atoms with Gasteiger partial charge in [0.05, 0.1) is 18.2 Å². The Morgan fingerprint density at radius 1 is 1.18 bits per heavy atom. The third kappa shape index (κ3) is 4.97. The molecule has 0 bridgehead atoms. The predicted molar refractivity (Wildman–Crippen MR) is 143 cm³/mol. The average Bonchev–Trinajstić information content (AvgIpc) is 2.92. The van der Waals surface area contributed by atoms with E-state index >= 15 is 0 Å². The molecular weight excluding hydrogens is 503 g/mol. The minimum Gasteiger partial charge on any atom is -0.486 e. The highest BCUT2D eigenvalue weighted by Crippen LogP contribution is 2.42. The summed E-state index contributed by atoms with van der Waals surface area (Å²) in [6.07, 6.45) is 1.25. The van der Waals surface area contributed by atoms with Crippen LogP contribution in [0.25, 0.3) is 11.0 Å². The van der Waals surface area contributed by atoms with Gasteiger partial charge in [0.1, 0.15) is 23.5 Å². The summed E-state index contributed by atoms with van der Waals surface area (Å²) < 4.78 is 33.1. The SMILES string of the molecule is CCOC(C)c1c(OCc2ccccc2)c2ncc(Cc3ccc(F)cc3)c3c2n(c1=O)CC(C)(C(=O)O)O3. The lowest BCUT2D eigenvalue weighted by Crippen LogP contribution is -2.50. The number of aliphatic carboxylic acids is 1. The van der Waals surface area contributed by atoms with Crippen molar-refractivity contribution in [1.29, 1.82) is 0 Å². The number of hydrogen-bond acceptors (Lipinski definition) is 6. The Kier molecular flexibility index (Phi) is 7.10. The summed E-state index contributed by atoms with van der Waals surface area (Å²) in [5.74, 6) is -1.07. The van der Waals surface area contributed by atoms with Crippen LogP contribution < -0.4 is 15.0 Å². The molecule has 9 heteroatoms. The van der Waals surface area contributed by atoms with Crippen molar-refractivity contribution in [3.63, 3.8) is 0 Å². The number of hydrogen-bond donors (Lipinski definition) is 1. The molecule has 2 aromatic carbocycles. The summed E-state index contributed by atoms with van der Waals surface area (Å²) in [6.45, 7) is 5.35. The summed E-state index contributed by atoms with van der Waals surface area (Å²) in [5, 5.41) is 10.1. The summed E-state index contributed by atoms with van der Waals surface area (Å²) >= 11 is 0. The molecule has 2 unspecified atom stereocenters. The first-order valence-electron chi connectivity index (χ1n) is 12.7. The standard InChI is InChI=1S/C30H29FN2O6/c1-4-37-18(2)23-27(38-16-20-8-6-5-7-9-20)24-25-26(39-30(3,29(35)36)17-33(25)28(23)34)21(15-32-24)14-19-10-12-22(31)13-11-19/h5-13,15,18H,4,14,16-17H2,1-3H3,(H,35,36). The summed E-state index contributed by atoms with van der Waals surface area (Å²) in [7, 11) is 0. The van der Waals surface area contributed by atoms with Gasteiger partial charge in [0.25, 0.3) is 5.56 Å². The second-order valence-electron chi connectivity index (χ2n) is 9.76. The Hall–Kier alpha value is -4.24. The molecule has 0 amide bonds. The van der Waals surface area contributed by atoms with Gasteiger partial charge in [-0.25, -0.2) is 9.18 Å². The molecule has 1 N–H and O–H groups in total. The van der Waals surface area contributed by atoms with Gasteiger partial charge in [-0.3, -0.25) is 14.3 Å². The quantitative estimate of drug-likeness (QED) is 0.322. The van der Waals surface area contributed by atoms with Crippen molar-refractivity contribution in [3.8, 4) is 11.5 Å². The van der Waals surface area contributed by atoms with Crippen molar-refractivity contribution in [2.75, 3.05) is 6.61 Å². The maximum atomic E-state index is 14.1. The molecule has 0 saturated carbocycles. The van der Waals surface area contributed by atoms with E-state index in [4.69, 9.17) is 19.2 Å². The summed E-state index contributed by atoms with van der Waals surface area (Å²) in [6, 6.07) is 15.5. The van der Waals surface area contributed by atoms with Crippen LogP contribution in [0.15, 0.2) is 65.6 Å². The molecular formula is C30H29FN2O6. The lowest BCUT2D eigenvalue weighted by atomic mass is 9.98. The highest BCUT2D eigenvalue weighted by molar-refractivity contribution is 5.91. The fourth-order valence-corrected chi connectivity index (χ4v) is 4.86. The molecule has 202 valence electrons. The molecule has 4 aromatic rings. The van der Waals surface area contributed by atoms with Crippen LogP contribution >= 0.6 is 0 Å². The van der Waals surface area contributed by atoms with Crippen LogP contribution in [0.4, 0.5) is 4.39 Å². The van der Waals surface area contributed by atoms with Gasteiger partial charge in [-0.2, -0.15) is 0 Å². The number of rotatable bonds is 9. The molecule has 0 saturated heterocycles. The van der Waals surface area contributed by atoms with Crippen molar-refractivity contribution in [2.24, 2.45) is 0 Å². The van der Waals surface area contributed by atoms with E-state index in [9.17, 15) is 19.1 Å². The van der Waals surface area contributed by atoms with Crippen molar-refractivity contribution in [2.45, 2.75) is 52.0 Å². The zero-order chi connectivity index (χ0) is 27.7. The highest BCUT2D eigenvalue weighted by Gasteiger charge is 2.43. The number of nitrogens with zero attached hydrogens (tertiary/aromatic N) is 2. The van der Waals surface area contributed by atoms with Crippen LogP contribution in [0.5, 0.6) is 11.5 Å². The van der Waals surface area contributed by atoms with Gasteiger partial charge in [-0.15, -0.1) is 0 Å². The van der Waals surface area contributed by atoms with Crippen LogP contribution in [-0.2, 0) is 29.1 Å². The van der Waals surface area contributed by atoms with Crippen LogP contribution in [-0.4, -0.2) is 32.8 Å². The van der Waals surface area contributed by atoms with Crippen molar-refractivity contribution >= 4 is 17.0 Å². The molecule has 2 aromatic heterocycles. The molecule has 1 aliphatic rings. The number of halogens is 1. The number of ether oxygens (including phenoxy) is 3. The van der Waals surface area contributed by atoms with Gasteiger partial charge in [-0.05, 0) is 44.0 Å². The van der Waals surface area contributed by atoms with E-state index in [1.165, 1.54) is 23.6 Å². The fourth-order valence-electron chi connectivity index (χ4n) is 4.86. The predicted octanol–water partition coefficient (Wildman–Crippen LogP) is 5.04. The monoisotopic (exact) mass is 532 g/mol. The average molecular weight is 533 g/mol. The van der Waals surface area contributed by atoms with Gasteiger partial charge < -0.3 is 19.3 Å². The second kappa shape index (κ2) is 10.5. The van der Waals surface area contributed by atoms with Crippen LogP contribution in [0, 0.1) is 5.82 Å². The molecule has 2 atom stereocenters. The molecule has 3 heterocycles. The first-order valence-corrected chi connectivity index (χ1v) is 12.7. The number of carbonyl (C=O) groups is 1. The van der Waals surface area contributed by atoms with Gasteiger partial charge in [-0.1, -0.05) is 42.5 Å². The number of pyridine rings is 2. The van der Waals surface area contributed by atoms with E-state index < -0.39 is 23.2 Å². The van der Waals surface area contributed by atoms with Crippen molar-refractivity contribution < 1.29 is 28.5 Å². The maximum Gasteiger partial charge on any atom is 0.349 e. The largest absolute Gasteiger partial charge is 0.486 e. The summed E-state index contributed by atoms with van der Waals surface area (Å²) in [5.41, 5.74) is 1.10. The molecule has 0 spiro atoms. The van der Waals surface area contributed by atoms with Crippen LogP contribution in [0.2, 0.25) is 0 Å². The number of carboxylic acid groups (broad SMARTS) is 1. The number of aromatic nitrogens is 2. The lowest BCUT2D eigenvalue weighted by Gasteiger charge is -2.35. The number of carboxylic acids is 1. The molecule has 5 rings (SSSR count). The Morgan fingerprint density at radius 3 is 2.56 bits per heavy atom. The van der Waals surface area contributed by atoms with Crippen LogP contribution in [0.1, 0.15) is 49.1 Å². The lowest BCUT2D eigenvalue weighted by molar-refractivity contribution is -0.155. The van der Waals surface area contributed by atoms with Crippen LogP contribution in [0.3, 0.4) is 0 Å². The number of benzene rings is 2. The first kappa shape index (κ1) is 26.4. The van der Waals surface area contributed by atoms with Gasteiger partial charge in [0, 0.05) is 24.8 Å².